The Hall–Kier alpha value is -3.57. The van der Waals surface area contributed by atoms with Gasteiger partial charge in [-0.1, -0.05) is 59.2 Å². The number of benzene rings is 1. The third-order valence-corrected chi connectivity index (χ3v) is 10.7. The van der Waals surface area contributed by atoms with Crippen LogP contribution in [0.3, 0.4) is 0 Å². The van der Waals surface area contributed by atoms with Crippen LogP contribution in [0.15, 0.2) is 41.3 Å². The van der Waals surface area contributed by atoms with Crippen molar-refractivity contribution in [2.75, 3.05) is 18.1 Å². The molecule has 0 aromatic heterocycles. The summed E-state index contributed by atoms with van der Waals surface area (Å²) < 4.78 is 32.8. The van der Waals surface area contributed by atoms with E-state index in [0.717, 1.165) is 5.56 Å². The number of amides is 5. The van der Waals surface area contributed by atoms with Gasteiger partial charge >= 0.3 is 5.97 Å². The first-order chi connectivity index (χ1) is 21.7. The summed E-state index contributed by atoms with van der Waals surface area (Å²) >= 11 is 0. The second kappa shape index (κ2) is 17.4. The predicted molar refractivity (Wildman–Crippen MR) is 173 cm³/mol. The van der Waals surface area contributed by atoms with Gasteiger partial charge in [-0.05, 0) is 43.9 Å². The van der Waals surface area contributed by atoms with E-state index in [2.05, 4.69) is 21.3 Å². The maximum absolute atomic E-state index is 13.5. The minimum atomic E-state index is -4.19. The predicted octanol–water partition coefficient (Wildman–Crippen LogP) is 0.464. The maximum Gasteiger partial charge on any atom is 0.326 e. The fourth-order valence-electron chi connectivity index (χ4n) is 4.37. The van der Waals surface area contributed by atoms with Gasteiger partial charge in [-0.2, -0.15) is 0 Å². The Morgan fingerprint density at radius 1 is 1.00 bits per heavy atom. The number of hydrogen-bond donors (Lipinski definition) is 5. The number of sulfonamides is 1. The molecule has 0 spiro atoms. The fourth-order valence-corrected chi connectivity index (χ4v) is 7.54. The molecule has 2 bridgehead atoms. The average Bonchev–Trinajstić information content (AvgIpc) is 2.98. The van der Waals surface area contributed by atoms with E-state index in [-0.39, 0.29) is 29.4 Å². The highest BCUT2D eigenvalue weighted by Gasteiger charge is 2.33. The van der Waals surface area contributed by atoms with Crippen LogP contribution in [0, 0.1) is 12.8 Å². The van der Waals surface area contributed by atoms with Crippen LogP contribution in [-0.4, -0.2) is 86.2 Å². The van der Waals surface area contributed by atoms with Gasteiger partial charge in [0.15, 0.2) is 0 Å². The molecule has 17 heteroatoms. The number of esters is 1. The molecular weight excluding hydrogens is 659 g/mol. The summed E-state index contributed by atoms with van der Waals surface area (Å²) in [6.07, 6.45) is 1.65. The molecule has 3 rings (SSSR count). The molecule has 1 fully saturated rings. The Balaban J connectivity index is 1.88. The molecule has 0 unspecified atom stereocenters. The van der Waals surface area contributed by atoms with Crippen LogP contribution in [0.4, 0.5) is 0 Å². The van der Waals surface area contributed by atoms with Gasteiger partial charge in [0, 0.05) is 17.9 Å². The number of hydrogen-bond acceptors (Lipinski definition) is 11. The Morgan fingerprint density at radius 2 is 1.72 bits per heavy atom. The number of fused-ring (bicyclic) bond motifs is 7. The quantitative estimate of drug-likeness (QED) is 0.157. The highest BCUT2D eigenvalue weighted by Crippen LogP contribution is 2.24. The van der Waals surface area contributed by atoms with Crippen LogP contribution in [0.5, 0.6) is 0 Å². The largest absolute Gasteiger partial charge is 0.456 e. The van der Waals surface area contributed by atoms with Gasteiger partial charge in [0.2, 0.25) is 29.5 Å². The topological polar surface area (TPSA) is 206 Å². The Morgan fingerprint density at radius 3 is 2.41 bits per heavy atom. The minimum absolute atomic E-state index is 0.110. The molecule has 0 radical (unpaired) electrons. The number of nitrogens with one attached hydrogen (secondary N) is 5. The van der Waals surface area contributed by atoms with Gasteiger partial charge in [0.05, 0.1) is 11.3 Å². The zero-order valence-electron chi connectivity index (χ0n) is 25.7. The molecule has 4 atom stereocenters. The Kier molecular flexibility index (Phi) is 13.9. The fraction of sp³-hybridized carbons (Fsp3) is 0.517. The van der Waals surface area contributed by atoms with E-state index < -0.39 is 82.7 Å². The normalized spacial score (nSPS) is 24.8. The van der Waals surface area contributed by atoms with Gasteiger partial charge in [0.25, 0.3) is 10.0 Å². The Labute approximate surface area is 275 Å². The van der Waals surface area contributed by atoms with Crippen LogP contribution in [-0.2, 0) is 43.5 Å². The highest BCUT2D eigenvalue weighted by atomic mass is 33.1. The molecule has 1 aromatic rings. The molecular formula is C29H39N5O9S3. The van der Waals surface area contributed by atoms with Crippen LogP contribution >= 0.6 is 21.6 Å². The lowest BCUT2D eigenvalue weighted by Crippen LogP contribution is -2.59. The van der Waals surface area contributed by atoms with E-state index in [0.29, 0.717) is 12.2 Å². The smallest absolute Gasteiger partial charge is 0.326 e. The third kappa shape index (κ3) is 11.7. The summed E-state index contributed by atoms with van der Waals surface area (Å²) in [7, 11) is -1.43. The number of carbonyl (C=O) groups is 6. The molecule has 5 N–H and O–H groups in total. The van der Waals surface area contributed by atoms with E-state index in [4.69, 9.17) is 4.74 Å². The van der Waals surface area contributed by atoms with Crippen LogP contribution in [0.25, 0.3) is 0 Å². The monoisotopic (exact) mass is 697 g/mol. The summed E-state index contributed by atoms with van der Waals surface area (Å²) in [5, 5.41) is 10.3. The molecule has 5 amide bonds. The first-order valence-electron chi connectivity index (χ1n) is 14.7. The maximum atomic E-state index is 13.5. The molecule has 1 saturated heterocycles. The molecule has 0 aliphatic carbocycles. The van der Waals surface area contributed by atoms with E-state index >= 15 is 0 Å². The van der Waals surface area contributed by atoms with Crippen molar-refractivity contribution >= 4 is 67.1 Å². The molecule has 14 nitrogen and oxygen atoms in total. The molecule has 46 heavy (non-hydrogen) atoms. The van der Waals surface area contributed by atoms with E-state index in [1.807, 2.05) is 4.72 Å². The number of ether oxygens (including phenoxy) is 1. The number of carbonyl (C=O) groups excluding carboxylic acids is 6. The second-order valence-electron chi connectivity index (χ2n) is 11.1. The summed E-state index contributed by atoms with van der Waals surface area (Å²) in [6.45, 7) is 4.69. The first kappa shape index (κ1) is 36.9. The first-order valence-corrected chi connectivity index (χ1v) is 18.6. The van der Waals surface area contributed by atoms with Crippen LogP contribution < -0.4 is 26.0 Å². The summed E-state index contributed by atoms with van der Waals surface area (Å²) in [4.78, 5) is 78.2. The van der Waals surface area contributed by atoms with Gasteiger partial charge in [-0.25, -0.2) is 13.1 Å². The summed E-state index contributed by atoms with van der Waals surface area (Å²) in [6, 6.07) is 2.33. The lowest BCUT2D eigenvalue weighted by Gasteiger charge is -2.27. The van der Waals surface area contributed by atoms with Crippen molar-refractivity contribution in [1.29, 1.82) is 0 Å². The van der Waals surface area contributed by atoms with E-state index in [1.54, 1.807) is 45.1 Å². The van der Waals surface area contributed by atoms with Gasteiger partial charge < -0.3 is 26.0 Å². The number of rotatable bonds is 6. The van der Waals surface area contributed by atoms with Gasteiger partial charge in [-0.15, -0.1) is 0 Å². The average molecular weight is 698 g/mol. The molecule has 2 aliphatic rings. The van der Waals surface area contributed by atoms with Crippen molar-refractivity contribution in [3.05, 3.63) is 42.0 Å². The van der Waals surface area contributed by atoms with Crippen molar-refractivity contribution in [3.8, 4) is 0 Å². The number of allylic oxidation sites excluding steroid dienone is 1. The molecule has 2 aliphatic heterocycles. The van der Waals surface area contributed by atoms with Gasteiger partial charge in [-0.3, -0.25) is 28.8 Å². The lowest BCUT2D eigenvalue weighted by molar-refractivity contribution is -0.148. The van der Waals surface area contributed by atoms with E-state index in [1.165, 1.54) is 33.7 Å². The second-order valence-corrected chi connectivity index (χ2v) is 15.4. The standard InChI is InChI=1S/C29H39N5O9S3/c1-17(2)26-29(40)30-15-25(37)43-19-6-4-5-13-44-45-16-22(28(39)33-26)32-27(38)21(31-24(36)14-19)11-12-23(35)34-46(41,42)20-9-7-18(3)8-10-20/h4,6-10,17,19,21-22,26H,5,11-16H2,1-3H3,(H,30,40)(H,31,36)(H,32,38)(H,33,39)(H,34,35)/b6-4+/t19-,21+,22+,26+/m0/s1. The van der Waals surface area contributed by atoms with Crippen molar-refractivity contribution in [2.24, 2.45) is 5.92 Å². The van der Waals surface area contributed by atoms with Crippen molar-refractivity contribution in [2.45, 2.75) is 75.6 Å². The van der Waals surface area contributed by atoms with Crippen molar-refractivity contribution in [1.82, 2.24) is 26.0 Å². The minimum Gasteiger partial charge on any atom is -0.456 e. The number of aryl methyl sites for hydroxylation is 1. The van der Waals surface area contributed by atoms with Crippen molar-refractivity contribution < 1.29 is 41.9 Å². The van der Waals surface area contributed by atoms with Crippen LogP contribution in [0.2, 0.25) is 0 Å². The Bertz CT molecular complexity index is 1430. The zero-order chi connectivity index (χ0) is 33.9. The summed E-state index contributed by atoms with van der Waals surface area (Å²) in [5.41, 5.74) is 0.827. The van der Waals surface area contributed by atoms with Gasteiger partial charge in [0.1, 0.15) is 30.8 Å². The SMILES string of the molecule is Cc1ccc(S(=O)(=O)NC(=O)CC[C@H]2NC(=O)C[C@@H]3/C=C/CCSSC[C@@H](NC2=O)C(=O)N[C@H](C(C)C)C(=O)NCC(=O)O3)cc1. The summed E-state index contributed by atoms with van der Waals surface area (Å²) in [5.74, 6) is -4.17. The highest BCUT2D eigenvalue weighted by molar-refractivity contribution is 8.76. The van der Waals surface area contributed by atoms with E-state index in [9.17, 15) is 37.2 Å². The molecule has 2 heterocycles. The van der Waals surface area contributed by atoms with Crippen molar-refractivity contribution in [3.63, 3.8) is 0 Å². The van der Waals surface area contributed by atoms with Crippen LogP contribution in [0.1, 0.15) is 45.1 Å². The molecule has 1 aromatic carbocycles. The lowest BCUT2D eigenvalue weighted by atomic mass is 10.0. The molecule has 252 valence electrons. The zero-order valence-corrected chi connectivity index (χ0v) is 28.1. The molecule has 0 saturated carbocycles. The third-order valence-electron chi connectivity index (χ3n) is 6.88.